The SMILES string of the molecule is CC.CC.CC(=O)c1ccc(N2CCN(CCc3ccon3)CC2)nc1. The first-order valence-electron chi connectivity index (χ1n) is 9.56. The lowest BCUT2D eigenvalue weighted by Gasteiger charge is -2.35. The summed E-state index contributed by atoms with van der Waals surface area (Å²) in [5.41, 5.74) is 1.67. The first-order valence-corrected chi connectivity index (χ1v) is 9.56. The fourth-order valence-corrected chi connectivity index (χ4v) is 2.62. The summed E-state index contributed by atoms with van der Waals surface area (Å²) in [5, 5.41) is 3.94. The predicted molar refractivity (Wildman–Crippen MR) is 106 cm³/mol. The van der Waals surface area contributed by atoms with Gasteiger partial charge in [-0.25, -0.2) is 4.98 Å². The second kappa shape index (κ2) is 12.2. The molecule has 1 aliphatic rings. The number of aromatic nitrogens is 2. The molecule has 3 rings (SSSR count). The fourth-order valence-electron chi connectivity index (χ4n) is 2.62. The smallest absolute Gasteiger partial charge is 0.161 e. The molecule has 0 amide bonds. The number of hydrogen-bond acceptors (Lipinski definition) is 6. The first kappa shape index (κ1) is 21.8. The summed E-state index contributed by atoms with van der Waals surface area (Å²) in [6.45, 7) is 14.5. The minimum atomic E-state index is 0.0525. The van der Waals surface area contributed by atoms with E-state index >= 15 is 0 Å². The molecule has 144 valence electrons. The zero-order chi connectivity index (χ0) is 19.4. The van der Waals surface area contributed by atoms with Crippen LogP contribution in [0.1, 0.15) is 50.7 Å². The van der Waals surface area contributed by atoms with Crippen molar-refractivity contribution in [2.75, 3.05) is 37.6 Å². The number of Topliss-reactive ketones (excluding diaryl/α,β-unsaturated/α-hetero) is 1. The average Bonchev–Trinajstić information content (AvgIpc) is 3.24. The van der Waals surface area contributed by atoms with Crippen molar-refractivity contribution in [3.05, 3.63) is 41.9 Å². The Labute approximate surface area is 157 Å². The summed E-state index contributed by atoms with van der Waals surface area (Å²) >= 11 is 0. The molecule has 3 heterocycles. The zero-order valence-corrected chi connectivity index (χ0v) is 16.7. The van der Waals surface area contributed by atoms with Crippen LogP contribution in [0.4, 0.5) is 5.82 Å². The summed E-state index contributed by atoms with van der Waals surface area (Å²) in [4.78, 5) is 20.4. The molecule has 2 aromatic heterocycles. The highest BCUT2D eigenvalue weighted by Crippen LogP contribution is 2.14. The summed E-state index contributed by atoms with van der Waals surface area (Å²) in [7, 11) is 0. The summed E-state index contributed by atoms with van der Waals surface area (Å²) in [6, 6.07) is 5.69. The Balaban J connectivity index is 0.000000791. The maximum Gasteiger partial charge on any atom is 0.161 e. The largest absolute Gasteiger partial charge is 0.365 e. The quantitative estimate of drug-likeness (QED) is 0.758. The van der Waals surface area contributed by atoms with E-state index in [1.807, 2.05) is 45.9 Å². The Hall–Kier alpha value is -2.21. The van der Waals surface area contributed by atoms with E-state index in [0.717, 1.165) is 50.7 Å². The number of nitrogens with zero attached hydrogens (tertiary/aromatic N) is 4. The molecule has 0 atom stereocenters. The lowest BCUT2D eigenvalue weighted by molar-refractivity contribution is 0.101. The summed E-state index contributed by atoms with van der Waals surface area (Å²) < 4.78 is 4.85. The number of anilines is 1. The van der Waals surface area contributed by atoms with E-state index in [0.29, 0.717) is 5.56 Å². The molecule has 0 N–H and O–H groups in total. The molecule has 0 spiro atoms. The molecular weight excluding hydrogens is 328 g/mol. The Morgan fingerprint density at radius 3 is 2.27 bits per heavy atom. The van der Waals surface area contributed by atoms with Gasteiger partial charge in [0.05, 0.1) is 5.69 Å². The number of carbonyl (C=O) groups is 1. The number of hydrogen-bond donors (Lipinski definition) is 0. The van der Waals surface area contributed by atoms with Crippen LogP contribution in [-0.2, 0) is 6.42 Å². The number of ketones is 1. The highest BCUT2D eigenvalue weighted by molar-refractivity contribution is 5.93. The molecule has 1 fully saturated rings. The van der Waals surface area contributed by atoms with Gasteiger partial charge in [0, 0.05) is 57.0 Å². The van der Waals surface area contributed by atoms with Crippen LogP contribution >= 0.6 is 0 Å². The van der Waals surface area contributed by atoms with Crippen LogP contribution in [0, 0.1) is 0 Å². The molecular formula is C20H32N4O2. The van der Waals surface area contributed by atoms with Crippen molar-refractivity contribution in [2.24, 2.45) is 0 Å². The Morgan fingerprint density at radius 2 is 1.77 bits per heavy atom. The van der Waals surface area contributed by atoms with Crippen molar-refractivity contribution in [3.63, 3.8) is 0 Å². The van der Waals surface area contributed by atoms with Gasteiger partial charge >= 0.3 is 0 Å². The molecule has 6 heteroatoms. The van der Waals surface area contributed by atoms with E-state index in [9.17, 15) is 4.79 Å². The van der Waals surface area contributed by atoms with E-state index < -0.39 is 0 Å². The van der Waals surface area contributed by atoms with E-state index in [1.54, 1.807) is 19.4 Å². The van der Waals surface area contributed by atoms with Gasteiger partial charge in [0.25, 0.3) is 0 Å². The number of rotatable bonds is 5. The van der Waals surface area contributed by atoms with Crippen molar-refractivity contribution in [1.29, 1.82) is 0 Å². The van der Waals surface area contributed by atoms with Crippen molar-refractivity contribution in [1.82, 2.24) is 15.0 Å². The van der Waals surface area contributed by atoms with Crippen molar-refractivity contribution in [2.45, 2.75) is 41.0 Å². The maximum absolute atomic E-state index is 11.3. The monoisotopic (exact) mass is 360 g/mol. The summed E-state index contributed by atoms with van der Waals surface area (Å²) in [6.07, 6.45) is 4.19. The second-order valence-corrected chi connectivity index (χ2v) is 5.53. The standard InChI is InChI=1S/C16H20N4O2.2C2H6/c1-13(21)14-2-3-16(17-12-14)20-9-7-19(8-10-20)6-4-15-5-11-22-18-15;2*1-2/h2-3,5,11-12H,4,6-10H2,1H3;2*1-2H3. The fraction of sp³-hybridized carbons (Fsp3) is 0.550. The Kier molecular flexibility index (Phi) is 10.2. The van der Waals surface area contributed by atoms with Crippen LogP contribution in [0.2, 0.25) is 0 Å². The first-order chi connectivity index (χ1) is 12.7. The lowest BCUT2D eigenvalue weighted by Crippen LogP contribution is -2.47. The van der Waals surface area contributed by atoms with Crippen molar-refractivity contribution < 1.29 is 9.32 Å². The predicted octanol–water partition coefficient (Wildman–Crippen LogP) is 3.69. The van der Waals surface area contributed by atoms with Gasteiger partial charge in [0.2, 0.25) is 0 Å². The molecule has 26 heavy (non-hydrogen) atoms. The molecule has 0 unspecified atom stereocenters. The maximum atomic E-state index is 11.3. The van der Waals surface area contributed by atoms with Gasteiger partial charge in [0.15, 0.2) is 5.78 Å². The molecule has 0 aliphatic carbocycles. The topological polar surface area (TPSA) is 62.5 Å². The minimum absolute atomic E-state index is 0.0525. The third-order valence-electron chi connectivity index (χ3n) is 4.03. The van der Waals surface area contributed by atoms with E-state index in [-0.39, 0.29) is 5.78 Å². The van der Waals surface area contributed by atoms with Gasteiger partial charge in [-0.15, -0.1) is 0 Å². The minimum Gasteiger partial charge on any atom is -0.365 e. The third kappa shape index (κ3) is 6.59. The van der Waals surface area contributed by atoms with Crippen molar-refractivity contribution in [3.8, 4) is 0 Å². The van der Waals surface area contributed by atoms with Gasteiger partial charge in [-0.1, -0.05) is 32.9 Å². The Bertz CT molecular complexity index is 603. The van der Waals surface area contributed by atoms with Crippen LogP contribution in [0.3, 0.4) is 0 Å². The average molecular weight is 361 g/mol. The Morgan fingerprint density at radius 1 is 1.08 bits per heavy atom. The molecule has 1 saturated heterocycles. The molecule has 6 nitrogen and oxygen atoms in total. The van der Waals surface area contributed by atoms with Gasteiger partial charge in [-0.05, 0) is 19.1 Å². The van der Waals surface area contributed by atoms with Crippen LogP contribution < -0.4 is 4.90 Å². The number of carbonyl (C=O) groups excluding carboxylic acids is 1. The molecule has 0 saturated carbocycles. The molecule has 1 aliphatic heterocycles. The normalized spacial score (nSPS) is 14.0. The molecule has 0 radical (unpaired) electrons. The van der Waals surface area contributed by atoms with Crippen molar-refractivity contribution >= 4 is 11.6 Å². The van der Waals surface area contributed by atoms with Gasteiger partial charge < -0.3 is 9.42 Å². The second-order valence-electron chi connectivity index (χ2n) is 5.53. The molecule has 0 aromatic carbocycles. The van der Waals surface area contributed by atoms with Crippen LogP contribution in [0.5, 0.6) is 0 Å². The third-order valence-corrected chi connectivity index (χ3v) is 4.03. The summed E-state index contributed by atoms with van der Waals surface area (Å²) in [5.74, 6) is 0.998. The van der Waals surface area contributed by atoms with E-state index in [2.05, 4.69) is 19.9 Å². The highest BCUT2D eigenvalue weighted by Gasteiger charge is 2.18. The number of piperazine rings is 1. The van der Waals surface area contributed by atoms with Crippen LogP contribution in [0.15, 0.2) is 35.2 Å². The molecule has 2 aromatic rings. The van der Waals surface area contributed by atoms with Gasteiger partial charge in [-0.2, -0.15) is 0 Å². The van der Waals surface area contributed by atoms with Gasteiger partial charge in [0.1, 0.15) is 12.1 Å². The zero-order valence-electron chi connectivity index (χ0n) is 16.7. The van der Waals surface area contributed by atoms with E-state index in [4.69, 9.17) is 4.52 Å². The number of pyridine rings is 1. The van der Waals surface area contributed by atoms with Gasteiger partial charge in [-0.3, -0.25) is 9.69 Å². The van der Waals surface area contributed by atoms with Crippen LogP contribution in [0.25, 0.3) is 0 Å². The lowest BCUT2D eigenvalue weighted by atomic mass is 10.2. The van der Waals surface area contributed by atoms with Crippen LogP contribution in [-0.4, -0.2) is 53.5 Å². The highest BCUT2D eigenvalue weighted by atomic mass is 16.5. The molecule has 0 bridgehead atoms. The van der Waals surface area contributed by atoms with E-state index in [1.165, 1.54) is 0 Å².